The molecule has 1 aliphatic rings. The molecule has 1 heterocycles. The Morgan fingerprint density at radius 1 is 1.37 bits per heavy atom. The second kappa shape index (κ2) is 5.03. The van der Waals surface area contributed by atoms with E-state index < -0.39 is 0 Å². The maximum atomic E-state index is 6.48. The average molecular weight is 347 g/mol. The molecule has 1 aliphatic heterocycles. The van der Waals surface area contributed by atoms with E-state index in [1.165, 1.54) is 0 Å². The molecular weight excluding hydrogens is 326 g/mol. The lowest BCUT2D eigenvalue weighted by atomic mass is 9.79. The third-order valence-electron chi connectivity index (χ3n) is 3.92. The highest BCUT2D eigenvalue weighted by molar-refractivity contribution is 9.10. The zero-order chi connectivity index (χ0) is 14.4. The fourth-order valence-corrected chi connectivity index (χ4v) is 3.79. The third-order valence-corrected chi connectivity index (χ3v) is 5.23. The number of benzene rings is 1. The molecule has 4 heteroatoms. The van der Waals surface area contributed by atoms with Gasteiger partial charge in [-0.2, -0.15) is 0 Å². The SMILES string of the molecule is CC1(C)CC(C(N)c2cccc(Br)c2Cl)C(C)(C)O1. The minimum Gasteiger partial charge on any atom is -0.369 e. The van der Waals surface area contributed by atoms with Crippen LogP contribution in [0.15, 0.2) is 22.7 Å². The van der Waals surface area contributed by atoms with Crippen molar-refractivity contribution in [1.82, 2.24) is 0 Å². The summed E-state index contributed by atoms with van der Waals surface area (Å²) in [4.78, 5) is 0. The minimum absolute atomic E-state index is 0.123. The zero-order valence-electron chi connectivity index (χ0n) is 11.8. The van der Waals surface area contributed by atoms with Gasteiger partial charge in [0.05, 0.1) is 16.2 Å². The van der Waals surface area contributed by atoms with Gasteiger partial charge in [-0.1, -0.05) is 23.7 Å². The lowest BCUT2D eigenvalue weighted by Gasteiger charge is -2.31. The van der Waals surface area contributed by atoms with Crippen LogP contribution in [0, 0.1) is 5.92 Å². The molecule has 2 atom stereocenters. The van der Waals surface area contributed by atoms with Crippen LogP contribution in [0.2, 0.25) is 5.02 Å². The van der Waals surface area contributed by atoms with Crippen molar-refractivity contribution in [3.8, 4) is 0 Å². The van der Waals surface area contributed by atoms with Gasteiger partial charge in [0, 0.05) is 16.4 Å². The molecule has 1 aromatic rings. The summed E-state index contributed by atoms with van der Waals surface area (Å²) in [6, 6.07) is 5.78. The number of nitrogens with two attached hydrogens (primary N) is 1. The van der Waals surface area contributed by atoms with Gasteiger partial charge in [0.1, 0.15) is 0 Å². The molecular formula is C15H21BrClNO. The van der Waals surface area contributed by atoms with Gasteiger partial charge in [-0.25, -0.2) is 0 Å². The number of hydrogen-bond donors (Lipinski definition) is 1. The quantitative estimate of drug-likeness (QED) is 0.842. The van der Waals surface area contributed by atoms with Crippen LogP contribution in [0.25, 0.3) is 0 Å². The maximum Gasteiger partial charge on any atom is 0.0680 e. The van der Waals surface area contributed by atoms with E-state index in [4.69, 9.17) is 22.1 Å². The first-order valence-electron chi connectivity index (χ1n) is 6.54. The van der Waals surface area contributed by atoms with Crippen LogP contribution < -0.4 is 5.73 Å². The molecule has 1 fully saturated rings. The first-order chi connectivity index (χ1) is 8.64. The van der Waals surface area contributed by atoms with Crippen LogP contribution in [0.5, 0.6) is 0 Å². The Kier molecular flexibility index (Phi) is 4.05. The molecule has 0 radical (unpaired) electrons. The van der Waals surface area contributed by atoms with Gasteiger partial charge in [0.2, 0.25) is 0 Å². The topological polar surface area (TPSA) is 35.2 Å². The van der Waals surface area contributed by atoms with Crippen molar-refractivity contribution in [3.63, 3.8) is 0 Å². The van der Waals surface area contributed by atoms with Gasteiger partial charge >= 0.3 is 0 Å². The molecule has 0 amide bonds. The molecule has 2 unspecified atom stereocenters. The second-order valence-corrected chi connectivity index (χ2v) is 7.68. The minimum atomic E-state index is -0.242. The standard InChI is InChI=1S/C15H21BrClNO/c1-14(2)8-10(15(3,4)19-14)13(18)9-6-5-7-11(16)12(9)17/h5-7,10,13H,8,18H2,1-4H3. The van der Waals surface area contributed by atoms with Crippen LogP contribution in [0.3, 0.4) is 0 Å². The fourth-order valence-electron chi connectivity index (χ4n) is 3.16. The number of rotatable bonds is 2. The van der Waals surface area contributed by atoms with Crippen molar-refractivity contribution in [3.05, 3.63) is 33.3 Å². The van der Waals surface area contributed by atoms with Crippen LogP contribution in [-0.2, 0) is 4.74 Å². The fraction of sp³-hybridized carbons (Fsp3) is 0.600. The highest BCUT2D eigenvalue weighted by Crippen LogP contribution is 2.48. The molecule has 2 nitrogen and oxygen atoms in total. The van der Waals surface area contributed by atoms with E-state index >= 15 is 0 Å². The van der Waals surface area contributed by atoms with Crippen molar-refractivity contribution in [2.24, 2.45) is 11.7 Å². The molecule has 0 aromatic heterocycles. The van der Waals surface area contributed by atoms with Gasteiger partial charge in [-0.15, -0.1) is 0 Å². The molecule has 1 aromatic carbocycles. The molecule has 0 spiro atoms. The predicted octanol–water partition coefficient (Wildman–Crippen LogP) is 4.70. The summed E-state index contributed by atoms with van der Waals surface area (Å²) in [6.07, 6.45) is 0.935. The smallest absolute Gasteiger partial charge is 0.0680 e. The van der Waals surface area contributed by atoms with Gasteiger partial charge in [-0.05, 0) is 61.7 Å². The molecule has 2 N–H and O–H groups in total. The Morgan fingerprint density at radius 3 is 2.53 bits per heavy atom. The van der Waals surface area contributed by atoms with E-state index in [-0.39, 0.29) is 23.2 Å². The zero-order valence-corrected chi connectivity index (χ0v) is 14.2. The van der Waals surface area contributed by atoms with Gasteiger partial charge in [-0.3, -0.25) is 0 Å². The molecule has 0 bridgehead atoms. The summed E-state index contributed by atoms with van der Waals surface area (Å²) in [6.45, 7) is 8.45. The highest BCUT2D eigenvalue weighted by Gasteiger charge is 2.48. The van der Waals surface area contributed by atoms with Crippen LogP contribution in [0.4, 0.5) is 0 Å². The highest BCUT2D eigenvalue weighted by atomic mass is 79.9. The number of hydrogen-bond acceptors (Lipinski definition) is 2. The Morgan fingerprint density at radius 2 is 2.00 bits per heavy atom. The maximum absolute atomic E-state index is 6.48. The Hall–Kier alpha value is -0.0900. The van der Waals surface area contributed by atoms with Crippen molar-refractivity contribution >= 4 is 27.5 Å². The first kappa shape index (κ1) is 15.3. The van der Waals surface area contributed by atoms with Gasteiger partial charge in [0.15, 0.2) is 0 Å². The lowest BCUT2D eigenvalue weighted by Crippen LogP contribution is -2.36. The van der Waals surface area contributed by atoms with E-state index in [2.05, 4.69) is 43.6 Å². The second-order valence-electron chi connectivity index (χ2n) is 6.44. The van der Waals surface area contributed by atoms with Crippen LogP contribution in [-0.4, -0.2) is 11.2 Å². The normalized spacial score (nSPS) is 26.4. The summed E-state index contributed by atoms with van der Waals surface area (Å²) >= 11 is 9.82. The first-order valence-corrected chi connectivity index (χ1v) is 7.71. The van der Waals surface area contributed by atoms with Crippen molar-refractivity contribution in [1.29, 1.82) is 0 Å². The number of ether oxygens (including phenoxy) is 1. The lowest BCUT2D eigenvalue weighted by molar-refractivity contribution is -0.0767. The van der Waals surface area contributed by atoms with E-state index in [0.717, 1.165) is 16.5 Å². The summed E-state index contributed by atoms with van der Waals surface area (Å²) in [5.41, 5.74) is 7.09. The summed E-state index contributed by atoms with van der Waals surface area (Å²) < 4.78 is 7.01. The predicted molar refractivity (Wildman–Crippen MR) is 83.4 cm³/mol. The molecule has 1 saturated heterocycles. The van der Waals surface area contributed by atoms with Crippen LogP contribution in [0.1, 0.15) is 45.7 Å². The largest absolute Gasteiger partial charge is 0.369 e. The van der Waals surface area contributed by atoms with E-state index in [1.807, 2.05) is 18.2 Å². The van der Waals surface area contributed by atoms with E-state index in [9.17, 15) is 0 Å². The van der Waals surface area contributed by atoms with E-state index in [0.29, 0.717) is 5.02 Å². The molecule has 2 rings (SSSR count). The molecule has 19 heavy (non-hydrogen) atoms. The van der Waals surface area contributed by atoms with E-state index in [1.54, 1.807) is 0 Å². The Balaban J connectivity index is 2.34. The molecule has 0 saturated carbocycles. The van der Waals surface area contributed by atoms with Crippen molar-refractivity contribution < 1.29 is 4.74 Å². The monoisotopic (exact) mass is 345 g/mol. The molecule has 0 aliphatic carbocycles. The summed E-state index contributed by atoms with van der Waals surface area (Å²) in [7, 11) is 0. The summed E-state index contributed by atoms with van der Waals surface area (Å²) in [5, 5.41) is 0.704. The van der Waals surface area contributed by atoms with Crippen molar-refractivity contribution in [2.45, 2.75) is 51.4 Å². The average Bonchev–Trinajstić information content (AvgIpc) is 2.50. The van der Waals surface area contributed by atoms with Gasteiger partial charge in [0.25, 0.3) is 0 Å². The summed E-state index contributed by atoms with van der Waals surface area (Å²) in [5.74, 6) is 0.245. The van der Waals surface area contributed by atoms with Crippen LogP contribution >= 0.6 is 27.5 Å². The Labute approximate surface area is 128 Å². The van der Waals surface area contributed by atoms with Crippen molar-refractivity contribution in [2.75, 3.05) is 0 Å². The Bertz CT molecular complexity index is 487. The third kappa shape index (κ3) is 2.99. The van der Waals surface area contributed by atoms with Gasteiger partial charge < -0.3 is 10.5 Å². The number of halogens is 2. The molecule has 106 valence electrons.